The lowest BCUT2D eigenvalue weighted by atomic mass is 9.61. The molecule has 3 N–H and O–H groups in total. The van der Waals surface area contributed by atoms with Crippen molar-refractivity contribution < 1.29 is 14.7 Å². The Hall–Kier alpha value is -1.26. The summed E-state index contributed by atoms with van der Waals surface area (Å²) in [6.45, 7) is 6.80. The Morgan fingerprint density at radius 2 is 1.86 bits per heavy atom. The van der Waals surface area contributed by atoms with Gasteiger partial charge >= 0.3 is 12.0 Å². The minimum absolute atomic E-state index is 0.0528. The van der Waals surface area contributed by atoms with Crippen LogP contribution in [0.25, 0.3) is 0 Å². The van der Waals surface area contributed by atoms with Gasteiger partial charge in [-0.05, 0) is 42.9 Å². The first-order valence-electron chi connectivity index (χ1n) is 8.09. The van der Waals surface area contributed by atoms with Gasteiger partial charge in [0.15, 0.2) is 0 Å². The van der Waals surface area contributed by atoms with E-state index in [1.54, 1.807) is 0 Å². The van der Waals surface area contributed by atoms with E-state index in [0.717, 1.165) is 13.0 Å². The number of carbonyl (C=O) groups excluding carboxylic acids is 1. The quantitative estimate of drug-likeness (QED) is 0.746. The Balaban J connectivity index is 1.86. The predicted octanol–water partition coefficient (Wildman–Crippen LogP) is 2.61. The van der Waals surface area contributed by atoms with Crippen LogP contribution in [0.5, 0.6) is 0 Å². The minimum Gasteiger partial charge on any atom is -0.481 e. The van der Waals surface area contributed by atoms with Gasteiger partial charge in [0.1, 0.15) is 0 Å². The lowest BCUT2D eigenvalue weighted by molar-refractivity contribution is -0.150. The van der Waals surface area contributed by atoms with E-state index < -0.39 is 5.97 Å². The Kier molecular flexibility index (Phi) is 4.79. The molecule has 0 radical (unpaired) electrons. The van der Waals surface area contributed by atoms with Crippen molar-refractivity contribution in [2.45, 2.75) is 58.9 Å². The lowest BCUT2D eigenvalue weighted by Crippen LogP contribution is -2.54. The van der Waals surface area contributed by atoms with Crippen LogP contribution in [0, 0.1) is 23.2 Å². The third kappa shape index (κ3) is 3.50. The van der Waals surface area contributed by atoms with Crippen molar-refractivity contribution in [1.82, 2.24) is 10.6 Å². The molecule has 5 nitrogen and oxygen atoms in total. The van der Waals surface area contributed by atoms with E-state index in [1.807, 2.05) is 20.8 Å². The summed E-state index contributed by atoms with van der Waals surface area (Å²) in [5, 5.41) is 15.3. The normalized spacial score (nSPS) is 32.0. The summed E-state index contributed by atoms with van der Waals surface area (Å²) in [4.78, 5) is 23.4. The van der Waals surface area contributed by atoms with Crippen LogP contribution in [-0.4, -0.2) is 29.7 Å². The van der Waals surface area contributed by atoms with E-state index in [4.69, 9.17) is 0 Å². The van der Waals surface area contributed by atoms with Gasteiger partial charge < -0.3 is 15.7 Å². The van der Waals surface area contributed by atoms with Gasteiger partial charge in [0.25, 0.3) is 0 Å². The summed E-state index contributed by atoms with van der Waals surface area (Å²) in [7, 11) is 0. The standard InChI is InChI=1S/C16H28N2O3/c1-10-13(8-7-12(14(19)20)16(10,2)3)18-15(21)17-9-11-5-4-6-11/h10-13H,4-9H2,1-3H3,(H,19,20)(H2,17,18,21). The van der Waals surface area contributed by atoms with Gasteiger partial charge in [0, 0.05) is 12.6 Å². The summed E-state index contributed by atoms with van der Waals surface area (Å²) in [5.41, 5.74) is -0.310. The van der Waals surface area contributed by atoms with Gasteiger partial charge in [-0.25, -0.2) is 4.79 Å². The number of carbonyl (C=O) groups is 2. The number of carboxylic acid groups (broad SMARTS) is 1. The zero-order chi connectivity index (χ0) is 15.6. The number of amides is 2. The highest BCUT2D eigenvalue weighted by molar-refractivity contribution is 5.74. The molecule has 0 aromatic carbocycles. The van der Waals surface area contributed by atoms with Gasteiger partial charge in [-0.3, -0.25) is 4.79 Å². The zero-order valence-electron chi connectivity index (χ0n) is 13.3. The maximum absolute atomic E-state index is 12.0. The fourth-order valence-electron chi connectivity index (χ4n) is 3.60. The SMILES string of the molecule is CC1C(NC(=O)NCC2CCC2)CCC(C(=O)O)C1(C)C. The topological polar surface area (TPSA) is 78.4 Å². The maximum atomic E-state index is 12.0. The molecule has 5 heteroatoms. The zero-order valence-corrected chi connectivity index (χ0v) is 13.3. The highest BCUT2D eigenvalue weighted by Crippen LogP contribution is 2.45. The van der Waals surface area contributed by atoms with Gasteiger partial charge in [0.05, 0.1) is 5.92 Å². The van der Waals surface area contributed by atoms with Crippen LogP contribution >= 0.6 is 0 Å². The van der Waals surface area contributed by atoms with E-state index in [0.29, 0.717) is 12.3 Å². The number of hydrogen-bond acceptors (Lipinski definition) is 2. The molecule has 21 heavy (non-hydrogen) atoms. The van der Waals surface area contributed by atoms with Crippen LogP contribution in [0.4, 0.5) is 4.79 Å². The van der Waals surface area contributed by atoms with E-state index >= 15 is 0 Å². The molecule has 0 aromatic heterocycles. The maximum Gasteiger partial charge on any atom is 0.315 e. The predicted molar refractivity (Wildman–Crippen MR) is 81.0 cm³/mol. The Labute approximate surface area is 126 Å². The Morgan fingerprint density at radius 1 is 1.19 bits per heavy atom. The molecule has 2 amide bonds. The average molecular weight is 296 g/mol. The molecule has 120 valence electrons. The number of rotatable bonds is 4. The van der Waals surface area contributed by atoms with Crippen LogP contribution in [0.15, 0.2) is 0 Å². The molecule has 0 bridgehead atoms. The Morgan fingerprint density at radius 3 is 2.38 bits per heavy atom. The first-order valence-corrected chi connectivity index (χ1v) is 8.09. The van der Waals surface area contributed by atoms with Gasteiger partial charge in [-0.1, -0.05) is 27.2 Å². The molecule has 2 aliphatic carbocycles. The van der Waals surface area contributed by atoms with Crippen molar-refractivity contribution in [3.05, 3.63) is 0 Å². The summed E-state index contributed by atoms with van der Waals surface area (Å²) < 4.78 is 0. The van der Waals surface area contributed by atoms with Gasteiger partial charge in [-0.2, -0.15) is 0 Å². The second-order valence-electron chi connectivity index (χ2n) is 7.34. The van der Waals surface area contributed by atoms with E-state index in [-0.39, 0.29) is 29.3 Å². The third-order valence-electron chi connectivity index (χ3n) is 5.83. The summed E-state index contributed by atoms with van der Waals surface area (Å²) >= 11 is 0. The second kappa shape index (κ2) is 6.24. The molecule has 3 unspecified atom stereocenters. The van der Waals surface area contributed by atoms with Crippen molar-refractivity contribution in [2.24, 2.45) is 23.2 Å². The van der Waals surface area contributed by atoms with Crippen LogP contribution in [0.2, 0.25) is 0 Å². The van der Waals surface area contributed by atoms with Crippen molar-refractivity contribution >= 4 is 12.0 Å². The second-order valence-corrected chi connectivity index (χ2v) is 7.34. The largest absolute Gasteiger partial charge is 0.481 e. The molecule has 0 saturated heterocycles. The number of hydrogen-bond donors (Lipinski definition) is 3. The fourth-order valence-corrected chi connectivity index (χ4v) is 3.60. The highest BCUT2D eigenvalue weighted by Gasteiger charge is 2.46. The molecule has 0 heterocycles. The molecule has 3 atom stereocenters. The van der Waals surface area contributed by atoms with Crippen molar-refractivity contribution in [2.75, 3.05) is 6.54 Å². The Bertz CT molecular complexity index is 404. The molecule has 0 spiro atoms. The smallest absolute Gasteiger partial charge is 0.315 e. The molecule has 0 aliphatic heterocycles. The van der Waals surface area contributed by atoms with E-state index in [9.17, 15) is 14.7 Å². The van der Waals surface area contributed by atoms with Gasteiger partial charge in [0.2, 0.25) is 0 Å². The first-order chi connectivity index (χ1) is 9.82. The van der Waals surface area contributed by atoms with Gasteiger partial charge in [-0.15, -0.1) is 0 Å². The van der Waals surface area contributed by atoms with Crippen molar-refractivity contribution in [1.29, 1.82) is 0 Å². The monoisotopic (exact) mass is 296 g/mol. The molecule has 2 rings (SSSR count). The highest BCUT2D eigenvalue weighted by atomic mass is 16.4. The fraction of sp³-hybridized carbons (Fsp3) is 0.875. The van der Waals surface area contributed by atoms with Crippen LogP contribution < -0.4 is 10.6 Å². The minimum atomic E-state index is -0.722. The summed E-state index contributed by atoms with van der Waals surface area (Å²) in [6.07, 6.45) is 5.07. The molecule has 2 fully saturated rings. The van der Waals surface area contributed by atoms with Crippen molar-refractivity contribution in [3.63, 3.8) is 0 Å². The lowest BCUT2D eigenvalue weighted by Gasteiger charge is -2.46. The molecular formula is C16H28N2O3. The average Bonchev–Trinajstić information content (AvgIpc) is 2.32. The van der Waals surface area contributed by atoms with Crippen LogP contribution in [0.3, 0.4) is 0 Å². The number of carboxylic acids is 1. The van der Waals surface area contributed by atoms with E-state index in [2.05, 4.69) is 10.6 Å². The number of nitrogens with one attached hydrogen (secondary N) is 2. The number of urea groups is 1. The van der Waals surface area contributed by atoms with Crippen LogP contribution in [0.1, 0.15) is 52.9 Å². The van der Waals surface area contributed by atoms with Crippen molar-refractivity contribution in [3.8, 4) is 0 Å². The molecular weight excluding hydrogens is 268 g/mol. The van der Waals surface area contributed by atoms with Crippen LogP contribution in [-0.2, 0) is 4.79 Å². The van der Waals surface area contributed by atoms with E-state index in [1.165, 1.54) is 19.3 Å². The molecule has 0 aromatic rings. The third-order valence-corrected chi connectivity index (χ3v) is 5.83. The first kappa shape index (κ1) is 16.1. The number of aliphatic carboxylic acids is 1. The molecule has 2 aliphatic rings. The summed E-state index contributed by atoms with van der Waals surface area (Å²) in [5.74, 6) is -0.266. The molecule has 2 saturated carbocycles. The summed E-state index contributed by atoms with van der Waals surface area (Å²) in [6, 6.07) is -0.0553.